The summed E-state index contributed by atoms with van der Waals surface area (Å²) in [5, 5.41) is 22.5. The molecule has 1 aromatic carbocycles. The van der Waals surface area contributed by atoms with Crippen molar-refractivity contribution < 1.29 is 9.90 Å². The predicted octanol–water partition coefficient (Wildman–Crippen LogP) is 2.77. The Bertz CT molecular complexity index is 736. The summed E-state index contributed by atoms with van der Waals surface area (Å²) in [6, 6.07) is 11.7. The minimum atomic E-state index is -0.744. The van der Waals surface area contributed by atoms with Crippen LogP contribution >= 0.6 is 0 Å². The third kappa shape index (κ3) is 2.65. The van der Waals surface area contributed by atoms with Gasteiger partial charge in [0.1, 0.15) is 11.9 Å². The zero-order chi connectivity index (χ0) is 14.8. The summed E-state index contributed by atoms with van der Waals surface area (Å²) >= 11 is 0. The minimum Gasteiger partial charge on any atom is -0.481 e. The maximum absolute atomic E-state index is 11.0. The van der Waals surface area contributed by atoms with E-state index in [1.54, 1.807) is 0 Å². The van der Waals surface area contributed by atoms with Gasteiger partial charge in [0.05, 0.1) is 17.0 Å². The molecule has 2 atom stereocenters. The first-order valence-electron chi connectivity index (χ1n) is 6.96. The SMILES string of the molecule is N#Cc1cc2ccccc2nc1NC1CCC(C(=O)O)C1. The third-order valence-corrected chi connectivity index (χ3v) is 3.97. The maximum Gasteiger partial charge on any atom is 0.306 e. The van der Waals surface area contributed by atoms with Gasteiger partial charge in [-0.2, -0.15) is 5.26 Å². The van der Waals surface area contributed by atoms with Crippen molar-refractivity contribution in [3.8, 4) is 6.07 Å². The van der Waals surface area contributed by atoms with Gasteiger partial charge in [-0.15, -0.1) is 0 Å². The van der Waals surface area contributed by atoms with E-state index in [0.717, 1.165) is 17.3 Å². The van der Waals surface area contributed by atoms with Gasteiger partial charge in [-0.25, -0.2) is 4.98 Å². The molecule has 1 saturated carbocycles. The van der Waals surface area contributed by atoms with Crippen molar-refractivity contribution in [1.82, 2.24) is 4.98 Å². The van der Waals surface area contributed by atoms with E-state index in [9.17, 15) is 10.1 Å². The van der Waals surface area contributed by atoms with Crippen LogP contribution in [0.15, 0.2) is 30.3 Å². The Labute approximate surface area is 122 Å². The number of nitrogens with one attached hydrogen (secondary N) is 1. The Kier molecular flexibility index (Phi) is 3.44. The highest BCUT2D eigenvalue weighted by Gasteiger charge is 2.30. The molecule has 0 aliphatic heterocycles. The van der Waals surface area contributed by atoms with Crippen LogP contribution in [0.2, 0.25) is 0 Å². The fraction of sp³-hybridized carbons (Fsp3) is 0.312. The van der Waals surface area contributed by atoms with E-state index in [-0.39, 0.29) is 12.0 Å². The lowest BCUT2D eigenvalue weighted by Crippen LogP contribution is -2.19. The molecule has 0 bridgehead atoms. The number of hydrogen-bond acceptors (Lipinski definition) is 4. The van der Waals surface area contributed by atoms with Gasteiger partial charge < -0.3 is 10.4 Å². The van der Waals surface area contributed by atoms with E-state index in [2.05, 4.69) is 16.4 Å². The second-order valence-electron chi connectivity index (χ2n) is 5.38. The first-order valence-corrected chi connectivity index (χ1v) is 6.96. The Morgan fingerprint density at radius 3 is 2.90 bits per heavy atom. The number of fused-ring (bicyclic) bond motifs is 1. The van der Waals surface area contributed by atoms with Gasteiger partial charge in [0.15, 0.2) is 0 Å². The molecule has 21 heavy (non-hydrogen) atoms. The van der Waals surface area contributed by atoms with Gasteiger partial charge in [0.25, 0.3) is 0 Å². The molecular formula is C16H15N3O2. The van der Waals surface area contributed by atoms with Crippen LogP contribution in [0.1, 0.15) is 24.8 Å². The van der Waals surface area contributed by atoms with E-state index in [0.29, 0.717) is 24.2 Å². The normalized spacial score (nSPS) is 21.1. The lowest BCUT2D eigenvalue weighted by Gasteiger charge is -2.14. The van der Waals surface area contributed by atoms with Crippen LogP contribution in [0.4, 0.5) is 5.82 Å². The maximum atomic E-state index is 11.0. The van der Waals surface area contributed by atoms with Crippen LogP contribution in [0.25, 0.3) is 10.9 Å². The molecular weight excluding hydrogens is 266 g/mol. The predicted molar refractivity (Wildman–Crippen MR) is 78.8 cm³/mol. The number of pyridine rings is 1. The quantitative estimate of drug-likeness (QED) is 0.903. The number of rotatable bonds is 3. The van der Waals surface area contributed by atoms with E-state index >= 15 is 0 Å². The van der Waals surface area contributed by atoms with Crippen molar-refractivity contribution in [1.29, 1.82) is 5.26 Å². The molecule has 106 valence electrons. The molecule has 1 aromatic heterocycles. The molecule has 1 fully saturated rings. The fourth-order valence-electron chi connectivity index (χ4n) is 2.84. The van der Waals surface area contributed by atoms with E-state index in [4.69, 9.17) is 5.11 Å². The third-order valence-electron chi connectivity index (χ3n) is 3.97. The molecule has 2 aromatic rings. The van der Waals surface area contributed by atoms with Crippen LogP contribution in [-0.2, 0) is 4.79 Å². The largest absolute Gasteiger partial charge is 0.481 e. The molecule has 5 nitrogen and oxygen atoms in total. The van der Waals surface area contributed by atoms with Gasteiger partial charge in [0, 0.05) is 11.4 Å². The highest BCUT2D eigenvalue weighted by molar-refractivity contribution is 5.82. The highest BCUT2D eigenvalue weighted by Crippen LogP contribution is 2.29. The van der Waals surface area contributed by atoms with E-state index < -0.39 is 5.97 Å². The summed E-state index contributed by atoms with van der Waals surface area (Å²) in [7, 11) is 0. The number of para-hydroxylation sites is 1. The van der Waals surface area contributed by atoms with Crippen molar-refractivity contribution in [2.75, 3.05) is 5.32 Å². The number of aromatic nitrogens is 1. The van der Waals surface area contributed by atoms with Crippen LogP contribution in [0.3, 0.4) is 0 Å². The van der Waals surface area contributed by atoms with Crippen LogP contribution < -0.4 is 5.32 Å². The average molecular weight is 281 g/mol. The molecule has 0 saturated heterocycles. The molecule has 2 unspecified atom stereocenters. The van der Waals surface area contributed by atoms with Crippen LogP contribution in [-0.4, -0.2) is 22.1 Å². The van der Waals surface area contributed by atoms with Crippen molar-refractivity contribution in [2.45, 2.75) is 25.3 Å². The molecule has 0 radical (unpaired) electrons. The monoisotopic (exact) mass is 281 g/mol. The van der Waals surface area contributed by atoms with Gasteiger partial charge in [-0.05, 0) is 31.4 Å². The molecule has 0 amide bonds. The van der Waals surface area contributed by atoms with Gasteiger partial charge in [-0.1, -0.05) is 18.2 Å². The molecule has 5 heteroatoms. The number of carbonyl (C=O) groups is 1. The first-order chi connectivity index (χ1) is 10.2. The molecule has 1 aliphatic rings. The number of aliphatic carboxylic acids is 1. The second-order valence-corrected chi connectivity index (χ2v) is 5.38. The summed E-state index contributed by atoms with van der Waals surface area (Å²) < 4.78 is 0. The van der Waals surface area contributed by atoms with Crippen LogP contribution in [0, 0.1) is 17.2 Å². The molecule has 3 rings (SSSR count). The number of carboxylic acid groups (broad SMARTS) is 1. The highest BCUT2D eigenvalue weighted by atomic mass is 16.4. The summed E-state index contributed by atoms with van der Waals surface area (Å²) in [6.45, 7) is 0. The number of benzene rings is 1. The van der Waals surface area contributed by atoms with Crippen LogP contribution in [0.5, 0.6) is 0 Å². The Balaban J connectivity index is 1.87. The van der Waals surface area contributed by atoms with E-state index in [1.807, 2.05) is 30.3 Å². The lowest BCUT2D eigenvalue weighted by molar-refractivity contribution is -0.141. The summed E-state index contributed by atoms with van der Waals surface area (Å²) in [6.07, 6.45) is 2.04. The number of nitriles is 1. The molecule has 1 heterocycles. The van der Waals surface area contributed by atoms with Gasteiger partial charge in [-0.3, -0.25) is 4.79 Å². The second kappa shape index (κ2) is 5.41. The lowest BCUT2D eigenvalue weighted by atomic mass is 10.1. The summed E-state index contributed by atoms with van der Waals surface area (Å²) in [5.74, 6) is -0.494. The zero-order valence-electron chi connectivity index (χ0n) is 11.4. The Hall–Kier alpha value is -2.61. The number of hydrogen-bond donors (Lipinski definition) is 2. The molecule has 1 aliphatic carbocycles. The van der Waals surface area contributed by atoms with Crippen molar-refractivity contribution in [2.24, 2.45) is 5.92 Å². The first kappa shape index (κ1) is 13.4. The summed E-state index contributed by atoms with van der Waals surface area (Å²) in [5.41, 5.74) is 1.32. The van der Waals surface area contributed by atoms with Crippen molar-refractivity contribution in [3.05, 3.63) is 35.9 Å². The molecule has 2 N–H and O–H groups in total. The average Bonchev–Trinajstić information content (AvgIpc) is 2.95. The fourth-order valence-corrected chi connectivity index (χ4v) is 2.84. The smallest absolute Gasteiger partial charge is 0.306 e. The Morgan fingerprint density at radius 1 is 1.38 bits per heavy atom. The molecule has 0 spiro atoms. The van der Waals surface area contributed by atoms with Gasteiger partial charge >= 0.3 is 5.97 Å². The number of nitrogens with zero attached hydrogens (tertiary/aromatic N) is 2. The minimum absolute atomic E-state index is 0.0619. The van der Waals surface area contributed by atoms with Gasteiger partial charge in [0.2, 0.25) is 0 Å². The zero-order valence-corrected chi connectivity index (χ0v) is 11.4. The Morgan fingerprint density at radius 2 is 2.19 bits per heavy atom. The standard InChI is InChI=1S/C16H15N3O2/c17-9-12-7-10-3-1-2-4-14(10)19-15(12)18-13-6-5-11(8-13)16(20)21/h1-4,7,11,13H,5-6,8H2,(H,18,19)(H,20,21). The number of anilines is 1. The van der Waals surface area contributed by atoms with E-state index in [1.165, 1.54) is 0 Å². The van der Waals surface area contributed by atoms with Crippen molar-refractivity contribution >= 4 is 22.7 Å². The summed E-state index contributed by atoms with van der Waals surface area (Å²) in [4.78, 5) is 15.5. The topological polar surface area (TPSA) is 86.0 Å². The van der Waals surface area contributed by atoms with Crippen molar-refractivity contribution in [3.63, 3.8) is 0 Å². The number of carboxylic acids is 1.